The Hall–Kier alpha value is -1.12. The summed E-state index contributed by atoms with van der Waals surface area (Å²) in [6.07, 6.45) is 3.31. The van der Waals surface area contributed by atoms with Gasteiger partial charge in [-0.15, -0.1) is 0 Å². The van der Waals surface area contributed by atoms with E-state index in [0.29, 0.717) is 6.42 Å². The zero-order chi connectivity index (χ0) is 9.42. The number of Topliss-reactive ketones (excluding diaryl/α,β-unsaturated/α-hetero) is 2. The molecule has 0 saturated heterocycles. The lowest BCUT2D eigenvalue weighted by molar-refractivity contribution is -0.118. The number of carbonyl (C=O) groups is 2. The Bertz CT molecular complexity index is 304. The molecule has 0 saturated carbocycles. The van der Waals surface area contributed by atoms with Gasteiger partial charge in [0.15, 0.2) is 11.6 Å². The summed E-state index contributed by atoms with van der Waals surface area (Å²) >= 11 is 0. The molecule has 3 nitrogen and oxygen atoms in total. The molecule has 0 radical (unpaired) electrons. The van der Waals surface area contributed by atoms with E-state index in [0.717, 1.165) is 30.5 Å². The van der Waals surface area contributed by atoms with Crippen LogP contribution in [0.1, 0.15) is 32.6 Å². The largest absolute Gasteiger partial charge is 0.372 e. The molecule has 1 heterocycles. The van der Waals surface area contributed by atoms with Crippen LogP contribution in [-0.4, -0.2) is 17.6 Å². The minimum atomic E-state index is -0.132. The minimum absolute atomic E-state index is 0.127. The molecule has 1 N–H and O–H groups in total. The third-order valence-electron chi connectivity index (χ3n) is 2.77. The molecule has 0 spiro atoms. The number of carbonyl (C=O) groups excluding carboxylic acids is 2. The summed E-state index contributed by atoms with van der Waals surface area (Å²) in [5.41, 5.74) is 1.91. The highest BCUT2D eigenvalue weighted by molar-refractivity contribution is 5.98. The van der Waals surface area contributed by atoms with Crippen LogP contribution in [0.5, 0.6) is 0 Å². The van der Waals surface area contributed by atoms with Crippen molar-refractivity contribution in [2.45, 2.75) is 38.6 Å². The molecule has 1 aliphatic carbocycles. The van der Waals surface area contributed by atoms with Crippen molar-refractivity contribution >= 4 is 11.6 Å². The summed E-state index contributed by atoms with van der Waals surface area (Å²) in [4.78, 5) is 22.5. The fourth-order valence-electron chi connectivity index (χ4n) is 2.01. The average Bonchev–Trinajstić information content (AvgIpc) is 2.49. The van der Waals surface area contributed by atoms with Crippen LogP contribution in [0.3, 0.4) is 0 Å². The van der Waals surface area contributed by atoms with Crippen LogP contribution < -0.4 is 5.32 Å². The Labute approximate surface area is 77.2 Å². The fourth-order valence-corrected chi connectivity index (χ4v) is 2.01. The van der Waals surface area contributed by atoms with Gasteiger partial charge in [-0.25, -0.2) is 0 Å². The highest BCUT2D eigenvalue weighted by Gasteiger charge is 2.31. The van der Waals surface area contributed by atoms with E-state index >= 15 is 0 Å². The molecule has 0 fully saturated rings. The van der Waals surface area contributed by atoms with Gasteiger partial charge in [-0.2, -0.15) is 0 Å². The number of rotatable bonds is 1. The average molecular weight is 179 g/mol. The Morgan fingerprint density at radius 2 is 2.23 bits per heavy atom. The van der Waals surface area contributed by atoms with Gasteiger partial charge in [-0.05, 0) is 31.8 Å². The highest BCUT2D eigenvalue weighted by atomic mass is 16.1. The number of hydrogen-bond donors (Lipinski definition) is 1. The van der Waals surface area contributed by atoms with E-state index in [9.17, 15) is 9.59 Å². The highest BCUT2D eigenvalue weighted by Crippen LogP contribution is 2.29. The summed E-state index contributed by atoms with van der Waals surface area (Å²) in [7, 11) is 0. The van der Waals surface area contributed by atoms with Gasteiger partial charge in [0.05, 0.1) is 11.7 Å². The van der Waals surface area contributed by atoms with Crippen molar-refractivity contribution in [3.63, 3.8) is 0 Å². The summed E-state index contributed by atoms with van der Waals surface area (Å²) < 4.78 is 0. The molecule has 1 aliphatic heterocycles. The van der Waals surface area contributed by atoms with Crippen molar-refractivity contribution in [1.82, 2.24) is 5.32 Å². The first-order valence-electron chi connectivity index (χ1n) is 4.70. The molecule has 13 heavy (non-hydrogen) atoms. The second kappa shape index (κ2) is 2.98. The molecule has 1 atom stereocenters. The summed E-state index contributed by atoms with van der Waals surface area (Å²) in [5.74, 6) is 0.312. The standard InChI is InChI=1S/C10H13NO2/c1-6(12)8-5-7-3-2-4-9(13)10(7)11-8/h8,11H,2-5H2,1H3. The summed E-state index contributed by atoms with van der Waals surface area (Å²) in [6, 6.07) is -0.132. The maximum atomic E-state index is 11.4. The van der Waals surface area contributed by atoms with E-state index in [2.05, 4.69) is 5.32 Å². The Morgan fingerprint density at radius 3 is 2.85 bits per heavy atom. The van der Waals surface area contributed by atoms with Gasteiger partial charge in [0, 0.05) is 6.42 Å². The summed E-state index contributed by atoms with van der Waals surface area (Å²) in [6.45, 7) is 1.57. The Kier molecular flexibility index (Phi) is 1.94. The maximum Gasteiger partial charge on any atom is 0.178 e. The van der Waals surface area contributed by atoms with E-state index in [1.54, 1.807) is 6.92 Å². The molecule has 2 aliphatic rings. The van der Waals surface area contributed by atoms with Gasteiger partial charge in [-0.1, -0.05) is 0 Å². The molecule has 0 aromatic carbocycles. The van der Waals surface area contributed by atoms with Crippen LogP contribution in [0.15, 0.2) is 11.3 Å². The van der Waals surface area contributed by atoms with Crippen LogP contribution in [0.4, 0.5) is 0 Å². The molecule has 0 aromatic heterocycles. The lowest BCUT2D eigenvalue weighted by Gasteiger charge is -2.11. The molecular formula is C10H13NO2. The van der Waals surface area contributed by atoms with E-state index in [1.165, 1.54) is 0 Å². The number of ketones is 2. The normalized spacial score (nSPS) is 27.2. The van der Waals surface area contributed by atoms with Gasteiger partial charge in [0.2, 0.25) is 0 Å². The van der Waals surface area contributed by atoms with Gasteiger partial charge >= 0.3 is 0 Å². The monoisotopic (exact) mass is 179 g/mol. The van der Waals surface area contributed by atoms with E-state index in [1.807, 2.05) is 0 Å². The number of hydrogen-bond acceptors (Lipinski definition) is 3. The molecule has 2 rings (SSSR count). The van der Waals surface area contributed by atoms with Gasteiger partial charge in [0.25, 0.3) is 0 Å². The fraction of sp³-hybridized carbons (Fsp3) is 0.600. The molecule has 0 bridgehead atoms. The molecule has 0 aromatic rings. The van der Waals surface area contributed by atoms with Gasteiger partial charge in [0.1, 0.15) is 0 Å². The third kappa shape index (κ3) is 1.39. The topological polar surface area (TPSA) is 46.2 Å². The first kappa shape index (κ1) is 8.48. The summed E-state index contributed by atoms with van der Waals surface area (Å²) in [5, 5.41) is 3.02. The van der Waals surface area contributed by atoms with Crippen LogP contribution in [0, 0.1) is 0 Å². The predicted molar refractivity (Wildman–Crippen MR) is 48.1 cm³/mol. The lowest BCUT2D eigenvalue weighted by Crippen LogP contribution is -2.31. The van der Waals surface area contributed by atoms with E-state index in [4.69, 9.17) is 0 Å². The van der Waals surface area contributed by atoms with Gasteiger partial charge < -0.3 is 5.32 Å². The van der Waals surface area contributed by atoms with Crippen molar-refractivity contribution in [3.05, 3.63) is 11.3 Å². The molecule has 70 valence electrons. The Morgan fingerprint density at radius 1 is 1.46 bits per heavy atom. The van der Waals surface area contributed by atoms with Crippen LogP contribution >= 0.6 is 0 Å². The maximum absolute atomic E-state index is 11.4. The van der Waals surface area contributed by atoms with Gasteiger partial charge in [-0.3, -0.25) is 9.59 Å². The molecular weight excluding hydrogens is 166 g/mol. The smallest absolute Gasteiger partial charge is 0.178 e. The van der Waals surface area contributed by atoms with E-state index < -0.39 is 0 Å². The van der Waals surface area contributed by atoms with Crippen molar-refractivity contribution < 1.29 is 9.59 Å². The Balaban J connectivity index is 2.18. The van der Waals surface area contributed by atoms with Crippen molar-refractivity contribution in [3.8, 4) is 0 Å². The van der Waals surface area contributed by atoms with Crippen LogP contribution in [0.25, 0.3) is 0 Å². The van der Waals surface area contributed by atoms with Crippen molar-refractivity contribution in [1.29, 1.82) is 0 Å². The molecule has 3 heteroatoms. The zero-order valence-electron chi connectivity index (χ0n) is 7.72. The van der Waals surface area contributed by atoms with Crippen LogP contribution in [-0.2, 0) is 9.59 Å². The zero-order valence-corrected chi connectivity index (χ0v) is 7.72. The number of nitrogens with one attached hydrogen (secondary N) is 1. The quantitative estimate of drug-likeness (QED) is 0.651. The van der Waals surface area contributed by atoms with E-state index in [-0.39, 0.29) is 17.6 Å². The first-order chi connectivity index (χ1) is 6.18. The van der Waals surface area contributed by atoms with Crippen molar-refractivity contribution in [2.24, 2.45) is 0 Å². The lowest BCUT2D eigenvalue weighted by atomic mass is 9.94. The van der Waals surface area contributed by atoms with Crippen molar-refractivity contribution in [2.75, 3.05) is 0 Å². The first-order valence-corrected chi connectivity index (χ1v) is 4.70. The number of allylic oxidation sites excluding steroid dienone is 1. The predicted octanol–water partition coefficient (Wildman–Crippen LogP) is 0.944. The second-order valence-corrected chi connectivity index (χ2v) is 3.77. The SMILES string of the molecule is CC(=O)C1CC2=C(N1)C(=O)CCC2. The van der Waals surface area contributed by atoms with Crippen LogP contribution in [0.2, 0.25) is 0 Å². The molecule has 1 unspecified atom stereocenters. The minimum Gasteiger partial charge on any atom is -0.372 e. The second-order valence-electron chi connectivity index (χ2n) is 3.77. The third-order valence-corrected chi connectivity index (χ3v) is 2.77. The molecule has 0 amide bonds.